The molecule has 1 N–H and O–H groups in total. The number of hydrogen-bond donors (Lipinski definition) is 1. The van der Waals surface area contributed by atoms with Gasteiger partial charge >= 0.3 is 0 Å². The van der Waals surface area contributed by atoms with Gasteiger partial charge in [-0.05, 0) is 58.7 Å². The molecule has 5 heteroatoms. The highest BCUT2D eigenvalue weighted by Gasteiger charge is 2.14. The lowest BCUT2D eigenvalue weighted by molar-refractivity contribution is 0.276. The number of imidazole rings is 1. The lowest BCUT2D eigenvalue weighted by Gasteiger charge is -2.06. The van der Waals surface area contributed by atoms with Crippen LogP contribution >= 0.6 is 15.9 Å². The second-order valence-corrected chi connectivity index (χ2v) is 5.79. The first-order chi connectivity index (χ1) is 10.7. The van der Waals surface area contributed by atoms with Gasteiger partial charge in [0.15, 0.2) is 0 Å². The average Bonchev–Trinajstić information content (AvgIpc) is 2.93. The summed E-state index contributed by atoms with van der Waals surface area (Å²) in [6.45, 7) is 2.71. The summed E-state index contributed by atoms with van der Waals surface area (Å²) in [4.78, 5) is 4.64. The van der Waals surface area contributed by atoms with Gasteiger partial charge in [0.05, 0.1) is 29.2 Å². The van der Waals surface area contributed by atoms with E-state index < -0.39 is 0 Å². The van der Waals surface area contributed by atoms with Crippen LogP contribution in [0.2, 0.25) is 0 Å². The predicted octanol–water partition coefficient (Wildman–Crippen LogP) is 4.04. The van der Waals surface area contributed by atoms with Gasteiger partial charge in [0.25, 0.3) is 0 Å². The Balaban J connectivity index is 2.04. The molecule has 2 heterocycles. The number of hydrogen-bond acceptors (Lipinski definition) is 3. The SMILES string of the molecule is CCCOc1ccc(-c2nc3cccc(Br)n3c2CO)cc1. The van der Waals surface area contributed by atoms with Gasteiger partial charge in [0, 0.05) is 5.56 Å². The zero-order valence-corrected chi connectivity index (χ0v) is 13.9. The van der Waals surface area contributed by atoms with Crippen molar-refractivity contribution >= 4 is 21.6 Å². The van der Waals surface area contributed by atoms with Gasteiger partial charge < -0.3 is 9.84 Å². The van der Waals surface area contributed by atoms with Crippen LogP contribution in [0.5, 0.6) is 5.75 Å². The van der Waals surface area contributed by atoms with Gasteiger partial charge in [-0.2, -0.15) is 0 Å². The van der Waals surface area contributed by atoms with Crippen LogP contribution in [0.4, 0.5) is 0 Å². The number of aromatic nitrogens is 2. The Labute approximate surface area is 137 Å². The van der Waals surface area contributed by atoms with Crippen LogP contribution in [0, 0.1) is 0 Å². The highest BCUT2D eigenvalue weighted by molar-refractivity contribution is 9.10. The van der Waals surface area contributed by atoms with E-state index in [2.05, 4.69) is 27.8 Å². The van der Waals surface area contributed by atoms with Crippen molar-refractivity contribution in [1.82, 2.24) is 9.38 Å². The molecule has 0 aliphatic rings. The zero-order valence-electron chi connectivity index (χ0n) is 12.3. The molecule has 4 nitrogen and oxygen atoms in total. The Morgan fingerprint density at radius 3 is 2.64 bits per heavy atom. The molecule has 0 saturated heterocycles. The van der Waals surface area contributed by atoms with Crippen molar-refractivity contribution in [2.45, 2.75) is 20.0 Å². The number of halogens is 1. The lowest BCUT2D eigenvalue weighted by atomic mass is 10.1. The molecule has 0 spiro atoms. The van der Waals surface area contributed by atoms with E-state index >= 15 is 0 Å². The van der Waals surface area contributed by atoms with Gasteiger partial charge in [-0.3, -0.25) is 4.40 Å². The van der Waals surface area contributed by atoms with E-state index in [-0.39, 0.29) is 6.61 Å². The molecule has 0 fully saturated rings. The lowest BCUT2D eigenvalue weighted by Crippen LogP contribution is -1.96. The Morgan fingerprint density at radius 1 is 1.18 bits per heavy atom. The van der Waals surface area contributed by atoms with Crippen molar-refractivity contribution in [3.63, 3.8) is 0 Å². The van der Waals surface area contributed by atoms with Crippen molar-refractivity contribution in [2.75, 3.05) is 6.61 Å². The van der Waals surface area contributed by atoms with Gasteiger partial charge in [0.1, 0.15) is 11.4 Å². The summed E-state index contributed by atoms with van der Waals surface area (Å²) in [6.07, 6.45) is 0.983. The van der Waals surface area contributed by atoms with Gasteiger partial charge in [-0.1, -0.05) is 13.0 Å². The largest absolute Gasteiger partial charge is 0.494 e. The molecule has 0 aliphatic carbocycles. The van der Waals surface area contributed by atoms with Crippen LogP contribution in [-0.2, 0) is 6.61 Å². The third-order valence-electron chi connectivity index (χ3n) is 3.44. The summed E-state index contributed by atoms with van der Waals surface area (Å²) in [6, 6.07) is 13.6. The molecule has 0 atom stereocenters. The van der Waals surface area contributed by atoms with Gasteiger partial charge in [0.2, 0.25) is 0 Å². The van der Waals surface area contributed by atoms with Gasteiger partial charge in [-0.25, -0.2) is 4.98 Å². The van der Waals surface area contributed by atoms with Crippen molar-refractivity contribution < 1.29 is 9.84 Å². The minimum atomic E-state index is -0.0762. The summed E-state index contributed by atoms with van der Waals surface area (Å²) in [7, 11) is 0. The summed E-state index contributed by atoms with van der Waals surface area (Å²) in [5.74, 6) is 0.848. The van der Waals surface area contributed by atoms with E-state index in [0.29, 0.717) is 6.61 Å². The predicted molar refractivity (Wildman–Crippen MR) is 90.0 cm³/mol. The zero-order chi connectivity index (χ0) is 15.5. The third kappa shape index (κ3) is 2.74. The third-order valence-corrected chi connectivity index (χ3v) is 4.06. The maximum atomic E-state index is 9.76. The molecule has 1 aromatic carbocycles. The smallest absolute Gasteiger partial charge is 0.138 e. The van der Waals surface area contributed by atoms with Crippen LogP contribution in [0.3, 0.4) is 0 Å². The van der Waals surface area contributed by atoms with Crippen LogP contribution in [0.15, 0.2) is 47.1 Å². The van der Waals surface area contributed by atoms with Crippen LogP contribution in [0.1, 0.15) is 19.0 Å². The molecule has 0 radical (unpaired) electrons. The molecule has 0 bridgehead atoms. The molecule has 0 unspecified atom stereocenters. The molecule has 2 aromatic heterocycles. The van der Waals surface area contributed by atoms with E-state index in [1.165, 1.54) is 0 Å². The first-order valence-corrected chi connectivity index (χ1v) is 8.04. The summed E-state index contributed by atoms with van der Waals surface area (Å²) < 4.78 is 8.38. The Morgan fingerprint density at radius 2 is 1.95 bits per heavy atom. The highest BCUT2D eigenvalue weighted by Crippen LogP contribution is 2.28. The molecule has 22 heavy (non-hydrogen) atoms. The fourth-order valence-electron chi connectivity index (χ4n) is 2.42. The number of aliphatic hydroxyl groups excluding tert-OH is 1. The standard InChI is InChI=1S/C17H17BrN2O2/c1-2-10-22-13-8-6-12(7-9-13)17-14(11-21)20-15(18)4-3-5-16(20)19-17/h3-9,21H,2,10-11H2,1H3. The van der Waals surface area contributed by atoms with E-state index in [0.717, 1.165) is 39.4 Å². The number of ether oxygens (including phenoxy) is 1. The first kappa shape index (κ1) is 15.1. The van der Waals surface area contributed by atoms with E-state index in [4.69, 9.17) is 4.74 Å². The first-order valence-electron chi connectivity index (χ1n) is 7.24. The number of fused-ring (bicyclic) bond motifs is 1. The minimum absolute atomic E-state index is 0.0762. The molecule has 0 aliphatic heterocycles. The maximum Gasteiger partial charge on any atom is 0.138 e. The van der Waals surface area contributed by atoms with Crippen LogP contribution in [-0.4, -0.2) is 21.1 Å². The summed E-state index contributed by atoms with van der Waals surface area (Å²) in [5, 5.41) is 9.76. The number of rotatable bonds is 5. The van der Waals surface area contributed by atoms with E-state index in [9.17, 15) is 5.11 Å². The molecular formula is C17H17BrN2O2. The van der Waals surface area contributed by atoms with Crippen molar-refractivity contribution in [1.29, 1.82) is 0 Å². The van der Waals surface area contributed by atoms with E-state index in [1.54, 1.807) is 0 Å². The molecule has 0 saturated carbocycles. The van der Waals surface area contributed by atoms with Crippen molar-refractivity contribution in [2.24, 2.45) is 0 Å². The molecule has 3 rings (SSSR count). The highest BCUT2D eigenvalue weighted by atomic mass is 79.9. The van der Waals surface area contributed by atoms with Crippen molar-refractivity contribution in [3.05, 3.63) is 52.8 Å². The average molecular weight is 361 g/mol. The Kier molecular flexibility index (Phi) is 4.45. The summed E-state index contributed by atoms with van der Waals surface area (Å²) in [5.41, 5.74) is 3.32. The number of benzene rings is 1. The summed E-state index contributed by atoms with van der Waals surface area (Å²) >= 11 is 3.51. The van der Waals surface area contributed by atoms with Gasteiger partial charge in [-0.15, -0.1) is 0 Å². The molecular weight excluding hydrogens is 344 g/mol. The number of nitrogens with zero attached hydrogens (tertiary/aromatic N) is 2. The topological polar surface area (TPSA) is 46.8 Å². The normalized spacial score (nSPS) is 11.0. The second-order valence-electron chi connectivity index (χ2n) is 4.98. The van der Waals surface area contributed by atoms with Crippen LogP contribution in [0.25, 0.3) is 16.9 Å². The fraction of sp³-hybridized carbons (Fsp3) is 0.235. The van der Waals surface area contributed by atoms with E-state index in [1.807, 2.05) is 46.9 Å². The molecule has 114 valence electrons. The Hall–Kier alpha value is -1.85. The monoisotopic (exact) mass is 360 g/mol. The second kappa shape index (κ2) is 6.50. The maximum absolute atomic E-state index is 9.76. The number of aliphatic hydroxyl groups is 1. The Bertz CT molecular complexity index is 781. The van der Waals surface area contributed by atoms with Crippen LogP contribution < -0.4 is 4.74 Å². The quantitative estimate of drug-likeness (QED) is 0.698. The minimum Gasteiger partial charge on any atom is -0.494 e. The molecule has 0 amide bonds. The molecule has 3 aromatic rings. The van der Waals surface area contributed by atoms with Crippen molar-refractivity contribution in [3.8, 4) is 17.0 Å². The number of pyridine rings is 1. The fourth-order valence-corrected chi connectivity index (χ4v) is 2.97.